The van der Waals surface area contributed by atoms with Gasteiger partial charge in [-0.3, -0.25) is 0 Å². The Balaban J connectivity index is 1.42. The molecule has 0 aromatic heterocycles. The second kappa shape index (κ2) is 12.8. The summed E-state index contributed by atoms with van der Waals surface area (Å²) in [5, 5.41) is 1.36. The van der Waals surface area contributed by atoms with Crippen molar-refractivity contribution in [2.24, 2.45) is 0 Å². The van der Waals surface area contributed by atoms with Crippen molar-refractivity contribution in [2.75, 3.05) is 0 Å². The van der Waals surface area contributed by atoms with Crippen molar-refractivity contribution in [1.82, 2.24) is 0 Å². The fourth-order valence-electron chi connectivity index (χ4n) is 4.68. The van der Waals surface area contributed by atoms with E-state index in [1.165, 1.54) is 49.8 Å². The van der Waals surface area contributed by atoms with Crippen LogP contribution in [0.25, 0.3) is 21.9 Å². The lowest BCUT2D eigenvalue weighted by Crippen LogP contribution is -2.04. The van der Waals surface area contributed by atoms with E-state index in [4.69, 9.17) is 0 Å². The third-order valence-corrected chi connectivity index (χ3v) is 6.79. The van der Waals surface area contributed by atoms with Crippen molar-refractivity contribution in [3.63, 3.8) is 0 Å². The molecule has 37 heavy (non-hydrogen) atoms. The van der Waals surface area contributed by atoms with Gasteiger partial charge in [0.25, 0.3) is 0 Å². The molecule has 0 saturated carbocycles. The molecule has 0 heterocycles. The first-order valence-corrected chi connectivity index (χ1v) is 13.0. The molecule has 0 unspecified atom stereocenters. The van der Waals surface area contributed by atoms with Gasteiger partial charge in [-0.1, -0.05) is 87.2 Å². The van der Waals surface area contributed by atoms with Crippen LogP contribution in [0.15, 0.2) is 72.8 Å². The van der Waals surface area contributed by atoms with Gasteiger partial charge in [-0.05, 0) is 77.1 Å². The maximum atomic E-state index is 15.3. The lowest BCUT2D eigenvalue weighted by atomic mass is 9.96. The number of hydrogen-bond acceptors (Lipinski definition) is 1. The van der Waals surface area contributed by atoms with Crippen LogP contribution in [-0.4, -0.2) is 6.61 Å². The fourth-order valence-corrected chi connectivity index (χ4v) is 4.68. The Bertz CT molecular complexity index is 1310. The highest BCUT2D eigenvalue weighted by molar-refractivity contribution is 5.88. The zero-order chi connectivity index (χ0) is 26.2. The zero-order valence-electron chi connectivity index (χ0n) is 21.1. The molecule has 4 aromatic rings. The summed E-state index contributed by atoms with van der Waals surface area (Å²) in [7, 11) is 0. The van der Waals surface area contributed by atoms with E-state index >= 15 is 4.39 Å². The molecular formula is C32H32F4O. The second-order valence-electron chi connectivity index (χ2n) is 9.48. The summed E-state index contributed by atoms with van der Waals surface area (Å²) in [6.07, 6.45) is 8.17. The predicted octanol–water partition coefficient (Wildman–Crippen LogP) is 9.68. The smallest absolute Gasteiger partial charge is 0.387 e. The van der Waals surface area contributed by atoms with E-state index < -0.39 is 18.2 Å². The van der Waals surface area contributed by atoms with Crippen molar-refractivity contribution >= 4 is 10.8 Å². The highest BCUT2D eigenvalue weighted by atomic mass is 19.3. The van der Waals surface area contributed by atoms with E-state index in [1.807, 2.05) is 18.2 Å². The van der Waals surface area contributed by atoms with Crippen molar-refractivity contribution < 1.29 is 22.3 Å². The van der Waals surface area contributed by atoms with Crippen LogP contribution in [0.5, 0.6) is 5.75 Å². The SMILES string of the molecule is CCCCCCCc1ccc(-c2ccc3c(F)c(CCc4ccc(OC(F)F)c(F)c4)ccc3c2)cc1. The summed E-state index contributed by atoms with van der Waals surface area (Å²) in [6.45, 7) is -0.861. The van der Waals surface area contributed by atoms with Gasteiger partial charge < -0.3 is 4.74 Å². The van der Waals surface area contributed by atoms with Gasteiger partial charge in [0.2, 0.25) is 0 Å². The molecule has 0 N–H and O–H groups in total. The highest BCUT2D eigenvalue weighted by Crippen LogP contribution is 2.29. The Kier molecular flexibility index (Phi) is 9.21. The molecule has 0 spiro atoms. The van der Waals surface area contributed by atoms with Crippen LogP contribution >= 0.6 is 0 Å². The van der Waals surface area contributed by atoms with Crippen LogP contribution < -0.4 is 4.74 Å². The molecule has 0 amide bonds. The Labute approximate surface area is 216 Å². The largest absolute Gasteiger partial charge is 0.432 e. The lowest BCUT2D eigenvalue weighted by molar-refractivity contribution is -0.0522. The molecule has 4 rings (SSSR count). The molecule has 0 aliphatic rings. The molecule has 5 heteroatoms. The van der Waals surface area contributed by atoms with Crippen molar-refractivity contribution in [1.29, 1.82) is 0 Å². The van der Waals surface area contributed by atoms with Crippen LogP contribution in [0.1, 0.15) is 55.7 Å². The number of ether oxygens (including phenoxy) is 1. The first kappa shape index (κ1) is 26.7. The summed E-state index contributed by atoms with van der Waals surface area (Å²) in [5.74, 6) is -1.64. The van der Waals surface area contributed by atoms with E-state index in [0.29, 0.717) is 29.4 Å². The number of rotatable bonds is 12. The van der Waals surface area contributed by atoms with Crippen molar-refractivity contribution in [3.05, 3.63) is 101 Å². The summed E-state index contributed by atoms with van der Waals surface area (Å²) < 4.78 is 58.0. The average molecular weight is 509 g/mol. The molecule has 0 bridgehead atoms. The van der Waals surface area contributed by atoms with E-state index in [9.17, 15) is 13.2 Å². The van der Waals surface area contributed by atoms with E-state index in [1.54, 1.807) is 12.1 Å². The van der Waals surface area contributed by atoms with Crippen LogP contribution in [0.3, 0.4) is 0 Å². The normalized spacial score (nSPS) is 11.4. The van der Waals surface area contributed by atoms with Gasteiger partial charge in [-0.15, -0.1) is 0 Å². The van der Waals surface area contributed by atoms with Crippen LogP contribution in [-0.2, 0) is 19.3 Å². The Morgan fingerprint density at radius 3 is 2.14 bits per heavy atom. The molecule has 4 aromatic carbocycles. The monoisotopic (exact) mass is 508 g/mol. The number of alkyl halides is 2. The minimum atomic E-state index is -3.09. The molecule has 1 nitrogen and oxygen atoms in total. The minimum absolute atomic E-state index is 0.291. The topological polar surface area (TPSA) is 9.23 Å². The van der Waals surface area contributed by atoms with Crippen LogP contribution in [0.4, 0.5) is 17.6 Å². The predicted molar refractivity (Wildman–Crippen MR) is 142 cm³/mol. The first-order chi connectivity index (χ1) is 17.9. The van der Waals surface area contributed by atoms with Gasteiger partial charge in [-0.2, -0.15) is 8.78 Å². The number of benzene rings is 4. The van der Waals surface area contributed by atoms with E-state index in [0.717, 1.165) is 29.0 Å². The minimum Gasteiger partial charge on any atom is -0.432 e. The number of unbranched alkanes of at least 4 members (excludes halogenated alkanes) is 4. The van der Waals surface area contributed by atoms with Gasteiger partial charge in [0.1, 0.15) is 5.82 Å². The summed E-state index contributed by atoms with van der Waals surface area (Å²) in [6, 6.07) is 21.9. The zero-order valence-corrected chi connectivity index (χ0v) is 21.1. The number of fused-ring (bicyclic) bond motifs is 1. The molecule has 0 fully saturated rings. The standard InChI is InChI=1S/C32H32F4O/c1-2-3-4-5-6-7-22-8-12-24(13-9-22)26-17-18-28-27(21-26)16-15-25(31(28)34)14-10-23-11-19-30(29(33)20-23)37-32(35)36/h8-9,11-13,15-21,32H,2-7,10,14H2,1H3. The number of aryl methyl sites for hydroxylation is 3. The summed E-state index contributed by atoms with van der Waals surface area (Å²) in [4.78, 5) is 0. The number of halogens is 4. The third-order valence-electron chi connectivity index (χ3n) is 6.79. The maximum absolute atomic E-state index is 15.3. The second-order valence-corrected chi connectivity index (χ2v) is 9.48. The summed E-state index contributed by atoms with van der Waals surface area (Å²) >= 11 is 0. The number of hydrogen-bond donors (Lipinski definition) is 0. The summed E-state index contributed by atoms with van der Waals surface area (Å²) in [5.41, 5.74) is 4.58. The molecule has 194 valence electrons. The van der Waals surface area contributed by atoms with Crippen molar-refractivity contribution in [2.45, 2.75) is 64.9 Å². The van der Waals surface area contributed by atoms with Gasteiger partial charge in [-0.25, -0.2) is 8.78 Å². The van der Waals surface area contributed by atoms with Gasteiger partial charge >= 0.3 is 6.61 Å². The molecule has 0 aliphatic heterocycles. The average Bonchev–Trinajstić information content (AvgIpc) is 2.89. The van der Waals surface area contributed by atoms with E-state index in [-0.39, 0.29) is 5.82 Å². The lowest BCUT2D eigenvalue weighted by Gasteiger charge is -2.10. The molecule has 0 radical (unpaired) electrons. The third kappa shape index (κ3) is 7.12. The fraction of sp³-hybridized carbons (Fsp3) is 0.312. The molecule has 0 saturated heterocycles. The van der Waals surface area contributed by atoms with Gasteiger partial charge in [0, 0.05) is 5.39 Å². The Morgan fingerprint density at radius 1 is 0.676 bits per heavy atom. The Hall–Kier alpha value is -3.34. The van der Waals surface area contributed by atoms with E-state index in [2.05, 4.69) is 35.9 Å². The highest BCUT2D eigenvalue weighted by Gasteiger charge is 2.12. The quantitative estimate of drug-likeness (QED) is 0.137. The molecular weight excluding hydrogens is 476 g/mol. The van der Waals surface area contributed by atoms with Gasteiger partial charge in [0.15, 0.2) is 11.6 Å². The maximum Gasteiger partial charge on any atom is 0.387 e. The van der Waals surface area contributed by atoms with Crippen molar-refractivity contribution in [3.8, 4) is 16.9 Å². The van der Waals surface area contributed by atoms with Crippen LogP contribution in [0, 0.1) is 11.6 Å². The van der Waals surface area contributed by atoms with Crippen LogP contribution in [0.2, 0.25) is 0 Å². The molecule has 0 atom stereocenters. The molecule has 0 aliphatic carbocycles. The van der Waals surface area contributed by atoms with Gasteiger partial charge in [0.05, 0.1) is 0 Å². The first-order valence-electron chi connectivity index (χ1n) is 13.0. The Morgan fingerprint density at radius 2 is 1.41 bits per heavy atom.